The monoisotopic (exact) mass is 331 g/mol. The fraction of sp³-hybridized carbons (Fsp3) is 0.722. The van der Waals surface area contributed by atoms with Gasteiger partial charge in [-0.2, -0.15) is 0 Å². The van der Waals surface area contributed by atoms with E-state index < -0.39 is 23.4 Å². The number of rotatable bonds is 3. The summed E-state index contributed by atoms with van der Waals surface area (Å²) in [6.45, 7) is 1.34. The van der Waals surface area contributed by atoms with Gasteiger partial charge in [0, 0.05) is 13.0 Å². The van der Waals surface area contributed by atoms with Crippen LogP contribution in [-0.4, -0.2) is 47.0 Å². The van der Waals surface area contributed by atoms with E-state index in [0.29, 0.717) is 11.8 Å². The van der Waals surface area contributed by atoms with Crippen molar-refractivity contribution in [3.05, 3.63) is 12.2 Å². The van der Waals surface area contributed by atoms with Gasteiger partial charge in [0.25, 0.3) is 0 Å². The molecule has 2 aliphatic carbocycles. The Hall–Kier alpha value is -1.69. The SMILES string of the molecule is CC(=O)OCC12C=CC(O1)C1C(=O)N(C3CC4CCC3C4)C(=O)C12. The van der Waals surface area contributed by atoms with Crippen molar-refractivity contribution in [2.24, 2.45) is 23.7 Å². The van der Waals surface area contributed by atoms with Gasteiger partial charge in [-0.05, 0) is 37.2 Å². The molecular weight excluding hydrogens is 310 g/mol. The van der Waals surface area contributed by atoms with Gasteiger partial charge < -0.3 is 9.47 Å². The van der Waals surface area contributed by atoms with Crippen molar-refractivity contribution < 1.29 is 23.9 Å². The quantitative estimate of drug-likeness (QED) is 0.439. The average Bonchev–Trinajstić information content (AvgIpc) is 3.32. The van der Waals surface area contributed by atoms with Crippen LogP contribution in [0, 0.1) is 23.7 Å². The maximum absolute atomic E-state index is 13.2. The van der Waals surface area contributed by atoms with E-state index in [2.05, 4.69) is 0 Å². The van der Waals surface area contributed by atoms with Crippen LogP contribution >= 0.6 is 0 Å². The predicted octanol–water partition coefficient (Wildman–Crippen LogP) is 1.05. The second-order valence-corrected chi connectivity index (χ2v) is 7.97. The standard InChI is InChI=1S/C18H21NO5/c1-9(20)23-8-18-5-4-13(24-18)14-15(18)17(22)19(16(14)21)12-7-10-2-3-11(12)6-10/h4-5,10-15H,2-3,6-8H2,1H3. The smallest absolute Gasteiger partial charge is 0.302 e. The molecule has 128 valence electrons. The van der Waals surface area contributed by atoms with Gasteiger partial charge in [0.15, 0.2) is 0 Å². The van der Waals surface area contributed by atoms with Gasteiger partial charge in [0.2, 0.25) is 11.8 Å². The van der Waals surface area contributed by atoms with Gasteiger partial charge in [-0.25, -0.2) is 0 Å². The first-order chi connectivity index (χ1) is 11.5. The number of likely N-dealkylation sites (tertiary alicyclic amines) is 1. The molecule has 0 radical (unpaired) electrons. The van der Waals surface area contributed by atoms with E-state index in [1.165, 1.54) is 13.3 Å². The highest BCUT2D eigenvalue weighted by Gasteiger charge is 2.69. The lowest BCUT2D eigenvalue weighted by molar-refractivity contribution is -0.156. The summed E-state index contributed by atoms with van der Waals surface area (Å²) < 4.78 is 11.1. The Morgan fingerprint density at radius 2 is 2.17 bits per heavy atom. The van der Waals surface area contributed by atoms with Crippen LogP contribution in [0.15, 0.2) is 12.2 Å². The van der Waals surface area contributed by atoms with E-state index in [1.54, 1.807) is 4.90 Å². The zero-order valence-corrected chi connectivity index (χ0v) is 13.6. The van der Waals surface area contributed by atoms with Crippen molar-refractivity contribution in [2.75, 3.05) is 6.61 Å². The highest BCUT2D eigenvalue weighted by atomic mass is 16.6. The third kappa shape index (κ3) is 1.72. The topological polar surface area (TPSA) is 72.9 Å². The summed E-state index contributed by atoms with van der Waals surface area (Å²) in [5, 5.41) is 0. The number of fused-ring (bicyclic) bond motifs is 7. The van der Waals surface area contributed by atoms with Crippen LogP contribution in [0.25, 0.3) is 0 Å². The first-order valence-electron chi connectivity index (χ1n) is 8.87. The van der Waals surface area contributed by atoms with E-state index >= 15 is 0 Å². The molecule has 3 aliphatic heterocycles. The van der Waals surface area contributed by atoms with Crippen LogP contribution in [0.1, 0.15) is 32.6 Å². The molecule has 0 N–H and O–H groups in total. The number of esters is 1. The molecule has 0 aromatic heterocycles. The molecule has 24 heavy (non-hydrogen) atoms. The third-order valence-electron chi connectivity index (χ3n) is 6.72. The Morgan fingerprint density at radius 1 is 1.33 bits per heavy atom. The van der Waals surface area contributed by atoms with Crippen molar-refractivity contribution >= 4 is 17.8 Å². The number of amides is 2. The lowest BCUT2D eigenvalue weighted by atomic mass is 9.77. The summed E-state index contributed by atoms with van der Waals surface area (Å²) in [5.41, 5.74) is -0.958. The second kappa shape index (κ2) is 4.69. The summed E-state index contributed by atoms with van der Waals surface area (Å²) in [5.74, 6) is -0.464. The number of imide groups is 1. The van der Waals surface area contributed by atoms with Gasteiger partial charge in [-0.1, -0.05) is 12.5 Å². The maximum atomic E-state index is 13.2. The number of hydrogen-bond acceptors (Lipinski definition) is 5. The van der Waals surface area contributed by atoms with Crippen LogP contribution < -0.4 is 0 Å². The largest absolute Gasteiger partial charge is 0.462 e. The van der Waals surface area contributed by atoms with Gasteiger partial charge >= 0.3 is 5.97 Å². The van der Waals surface area contributed by atoms with Crippen molar-refractivity contribution in [1.82, 2.24) is 4.90 Å². The van der Waals surface area contributed by atoms with Crippen molar-refractivity contribution in [3.8, 4) is 0 Å². The molecule has 2 amide bonds. The molecule has 0 spiro atoms. The summed E-state index contributed by atoms with van der Waals surface area (Å²) in [6.07, 6.45) is 7.75. The molecular formula is C18H21NO5. The minimum absolute atomic E-state index is 0.0000796. The average molecular weight is 331 g/mol. The predicted molar refractivity (Wildman–Crippen MR) is 81.4 cm³/mol. The number of carbonyl (C=O) groups excluding carboxylic acids is 3. The molecule has 4 fully saturated rings. The molecule has 3 heterocycles. The lowest BCUT2D eigenvalue weighted by Gasteiger charge is -2.32. The molecule has 5 aliphatic rings. The Bertz CT molecular complexity index is 672. The third-order valence-corrected chi connectivity index (χ3v) is 6.72. The molecule has 4 bridgehead atoms. The zero-order valence-electron chi connectivity index (χ0n) is 13.6. The number of nitrogens with zero attached hydrogens (tertiary/aromatic N) is 1. The first kappa shape index (κ1) is 14.6. The molecule has 5 rings (SSSR count). The highest BCUT2D eigenvalue weighted by molar-refractivity contribution is 6.07. The molecule has 7 unspecified atom stereocenters. The van der Waals surface area contributed by atoms with Crippen molar-refractivity contribution in [1.29, 1.82) is 0 Å². The molecule has 6 nitrogen and oxygen atoms in total. The maximum Gasteiger partial charge on any atom is 0.302 e. The Labute approximate surface area is 140 Å². The van der Waals surface area contributed by atoms with Crippen LogP contribution in [0.3, 0.4) is 0 Å². The lowest BCUT2D eigenvalue weighted by Crippen LogP contribution is -2.48. The van der Waals surface area contributed by atoms with Gasteiger partial charge in [-0.3, -0.25) is 19.3 Å². The van der Waals surface area contributed by atoms with Crippen molar-refractivity contribution in [3.63, 3.8) is 0 Å². The molecule has 7 atom stereocenters. The van der Waals surface area contributed by atoms with E-state index in [4.69, 9.17) is 9.47 Å². The molecule has 0 aromatic carbocycles. The number of carbonyl (C=O) groups is 3. The molecule has 2 saturated heterocycles. The van der Waals surface area contributed by atoms with Crippen LogP contribution in [0.5, 0.6) is 0 Å². The molecule has 2 saturated carbocycles. The molecule has 0 aromatic rings. The summed E-state index contributed by atoms with van der Waals surface area (Å²) in [7, 11) is 0. The fourth-order valence-electron chi connectivity index (χ4n) is 5.76. The van der Waals surface area contributed by atoms with Crippen LogP contribution in [0.2, 0.25) is 0 Å². The summed E-state index contributed by atoms with van der Waals surface area (Å²) >= 11 is 0. The van der Waals surface area contributed by atoms with Crippen LogP contribution in [-0.2, 0) is 23.9 Å². The molecule has 6 heteroatoms. The van der Waals surface area contributed by atoms with E-state index in [-0.39, 0.29) is 30.6 Å². The van der Waals surface area contributed by atoms with E-state index in [9.17, 15) is 14.4 Å². The fourth-order valence-corrected chi connectivity index (χ4v) is 5.76. The van der Waals surface area contributed by atoms with E-state index in [0.717, 1.165) is 19.3 Å². The number of ether oxygens (including phenoxy) is 2. The van der Waals surface area contributed by atoms with Gasteiger partial charge in [0.1, 0.15) is 12.2 Å². The Balaban J connectivity index is 1.45. The highest BCUT2D eigenvalue weighted by Crippen LogP contribution is 2.55. The Kier molecular flexibility index (Phi) is 2.86. The second-order valence-electron chi connectivity index (χ2n) is 7.97. The summed E-state index contributed by atoms with van der Waals surface area (Å²) in [4.78, 5) is 38.9. The minimum Gasteiger partial charge on any atom is -0.462 e. The number of hydrogen-bond donors (Lipinski definition) is 0. The Morgan fingerprint density at radius 3 is 2.83 bits per heavy atom. The minimum atomic E-state index is -0.958. The van der Waals surface area contributed by atoms with Crippen LogP contribution in [0.4, 0.5) is 0 Å². The van der Waals surface area contributed by atoms with Gasteiger partial charge in [-0.15, -0.1) is 0 Å². The normalized spacial score (nSPS) is 47.8. The van der Waals surface area contributed by atoms with Gasteiger partial charge in [0.05, 0.1) is 17.9 Å². The van der Waals surface area contributed by atoms with E-state index in [1.807, 2.05) is 12.2 Å². The first-order valence-corrected chi connectivity index (χ1v) is 8.87. The van der Waals surface area contributed by atoms with Crippen molar-refractivity contribution in [2.45, 2.75) is 50.4 Å². The zero-order chi connectivity index (χ0) is 16.6. The summed E-state index contributed by atoms with van der Waals surface area (Å²) in [6, 6.07) is 0.0690.